The number of halogens is 1. The number of anilines is 3. The third kappa shape index (κ3) is 6.14. The quantitative estimate of drug-likeness (QED) is 0.490. The van der Waals surface area contributed by atoms with Crippen molar-refractivity contribution in [2.75, 3.05) is 28.3 Å². The lowest BCUT2D eigenvalue weighted by atomic mass is 10.0. The topological polar surface area (TPSA) is 89.6 Å². The second-order valence-electron chi connectivity index (χ2n) is 7.66. The molecule has 33 heavy (non-hydrogen) atoms. The van der Waals surface area contributed by atoms with E-state index in [2.05, 4.69) is 25.9 Å². The Morgan fingerprint density at radius 1 is 0.939 bits per heavy atom. The van der Waals surface area contributed by atoms with Crippen molar-refractivity contribution in [3.63, 3.8) is 0 Å². The molecule has 3 N–H and O–H groups in total. The highest BCUT2D eigenvalue weighted by atomic mass is 35.5. The zero-order valence-corrected chi connectivity index (χ0v) is 18.7. The fourth-order valence-electron chi connectivity index (χ4n) is 3.68. The Morgan fingerprint density at radius 3 is 2.27 bits per heavy atom. The summed E-state index contributed by atoms with van der Waals surface area (Å²) in [6.45, 7) is 1.65. The minimum atomic E-state index is -0.538. The summed E-state index contributed by atoms with van der Waals surface area (Å²) in [7, 11) is 0. The van der Waals surface area contributed by atoms with Gasteiger partial charge >= 0.3 is 12.1 Å². The molecule has 4 rings (SSSR count). The third-order valence-corrected chi connectivity index (χ3v) is 5.64. The molecule has 0 unspecified atom stereocenters. The number of hydrazine groups is 1. The van der Waals surface area contributed by atoms with Crippen molar-refractivity contribution in [1.29, 1.82) is 0 Å². The normalized spacial score (nSPS) is 13.8. The maximum absolute atomic E-state index is 13.1. The van der Waals surface area contributed by atoms with Crippen LogP contribution in [-0.4, -0.2) is 36.2 Å². The Hall–Kier alpha value is -3.78. The number of amides is 4. The molecule has 0 spiro atoms. The lowest BCUT2D eigenvalue weighted by Gasteiger charge is -2.35. The molecule has 0 atom stereocenters. The summed E-state index contributed by atoms with van der Waals surface area (Å²) in [5.74, 6) is 0. The van der Waals surface area contributed by atoms with E-state index in [0.29, 0.717) is 16.4 Å². The molecule has 0 saturated carbocycles. The second kappa shape index (κ2) is 10.7. The fraction of sp³-hybridized carbons (Fsp3) is 0.208. The number of nitrogens with zero attached hydrogens (tertiary/aromatic N) is 3. The number of hydrogen-bond acceptors (Lipinski definition) is 4. The van der Waals surface area contributed by atoms with Gasteiger partial charge < -0.3 is 15.5 Å². The number of para-hydroxylation sites is 1. The van der Waals surface area contributed by atoms with Gasteiger partial charge in [0.2, 0.25) is 0 Å². The molecule has 1 aromatic heterocycles. The molecular formula is C24H25ClN6O2. The molecule has 170 valence electrons. The minimum Gasteiger partial charge on any atom is -0.371 e. The van der Waals surface area contributed by atoms with Crippen molar-refractivity contribution in [2.45, 2.75) is 18.9 Å². The van der Waals surface area contributed by atoms with Gasteiger partial charge in [0, 0.05) is 47.9 Å². The Balaban J connectivity index is 1.38. The first-order valence-electron chi connectivity index (χ1n) is 10.7. The average molecular weight is 465 g/mol. The van der Waals surface area contributed by atoms with Gasteiger partial charge in [-0.2, -0.15) is 0 Å². The van der Waals surface area contributed by atoms with Gasteiger partial charge in [-0.25, -0.2) is 20.0 Å². The van der Waals surface area contributed by atoms with Gasteiger partial charge in [-0.15, -0.1) is 0 Å². The molecule has 0 aliphatic carbocycles. The first kappa shape index (κ1) is 22.4. The van der Waals surface area contributed by atoms with Gasteiger partial charge in [0.1, 0.15) is 0 Å². The van der Waals surface area contributed by atoms with E-state index in [1.54, 1.807) is 48.8 Å². The second-order valence-corrected chi connectivity index (χ2v) is 8.10. The fourth-order valence-corrected chi connectivity index (χ4v) is 3.81. The standard InChI is InChI=1S/C24H25ClN6O2/c25-18-6-8-19(9-7-18)27-23(32)29-31(22-4-2-1-3-5-22)24(33)28-20-12-16-30(17-13-20)21-10-14-26-15-11-21/h1-11,14-15,20H,12-13,16-17H2,(H,28,33)(H2,27,29,32). The maximum Gasteiger partial charge on any atom is 0.341 e. The van der Waals surface area contributed by atoms with Crippen molar-refractivity contribution in [1.82, 2.24) is 15.7 Å². The largest absolute Gasteiger partial charge is 0.371 e. The summed E-state index contributed by atoms with van der Waals surface area (Å²) >= 11 is 5.90. The van der Waals surface area contributed by atoms with Crippen LogP contribution < -0.4 is 26.0 Å². The first-order chi connectivity index (χ1) is 16.1. The van der Waals surface area contributed by atoms with Crippen molar-refractivity contribution in [2.24, 2.45) is 0 Å². The SMILES string of the molecule is O=C(Nc1ccc(Cl)cc1)NN(C(=O)NC1CCN(c2ccncc2)CC1)c1ccccc1. The summed E-state index contributed by atoms with van der Waals surface area (Å²) in [5.41, 5.74) is 4.88. The monoisotopic (exact) mass is 464 g/mol. The van der Waals surface area contributed by atoms with E-state index in [1.807, 2.05) is 30.3 Å². The van der Waals surface area contributed by atoms with E-state index in [1.165, 1.54) is 5.01 Å². The number of nitrogens with one attached hydrogen (secondary N) is 3. The first-order valence-corrected chi connectivity index (χ1v) is 11.1. The van der Waals surface area contributed by atoms with Crippen LogP contribution in [0.3, 0.4) is 0 Å². The highest BCUT2D eigenvalue weighted by molar-refractivity contribution is 6.30. The number of aromatic nitrogens is 1. The lowest BCUT2D eigenvalue weighted by molar-refractivity contribution is 0.232. The molecule has 1 aliphatic heterocycles. The van der Waals surface area contributed by atoms with E-state index in [-0.39, 0.29) is 6.04 Å². The Kier molecular flexibility index (Phi) is 7.26. The summed E-state index contributed by atoms with van der Waals surface area (Å²) in [5, 5.41) is 7.56. The van der Waals surface area contributed by atoms with Crippen LogP contribution in [0.15, 0.2) is 79.1 Å². The van der Waals surface area contributed by atoms with Crippen molar-refractivity contribution < 1.29 is 9.59 Å². The molecule has 9 heteroatoms. The van der Waals surface area contributed by atoms with Gasteiger partial charge in [0.15, 0.2) is 0 Å². The Bertz CT molecular complexity index is 1060. The Morgan fingerprint density at radius 2 is 1.61 bits per heavy atom. The van der Waals surface area contributed by atoms with Crippen molar-refractivity contribution >= 4 is 40.7 Å². The molecule has 1 saturated heterocycles. The van der Waals surface area contributed by atoms with Gasteiger partial charge in [0.25, 0.3) is 0 Å². The van der Waals surface area contributed by atoms with E-state index in [0.717, 1.165) is 31.6 Å². The van der Waals surface area contributed by atoms with Crippen LogP contribution in [0.4, 0.5) is 26.7 Å². The van der Waals surface area contributed by atoms with E-state index in [9.17, 15) is 9.59 Å². The van der Waals surface area contributed by atoms with Crippen LogP contribution in [0.2, 0.25) is 5.02 Å². The summed E-state index contributed by atoms with van der Waals surface area (Å²) < 4.78 is 0. The van der Waals surface area contributed by atoms with Crippen LogP contribution in [0.1, 0.15) is 12.8 Å². The average Bonchev–Trinajstić information content (AvgIpc) is 2.85. The number of carbonyl (C=O) groups is 2. The molecule has 1 fully saturated rings. The molecule has 2 aromatic carbocycles. The molecule has 8 nitrogen and oxygen atoms in total. The number of pyridine rings is 1. The van der Waals surface area contributed by atoms with Crippen LogP contribution in [-0.2, 0) is 0 Å². The molecule has 0 radical (unpaired) electrons. The van der Waals surface area contributed by atoms with Gasteiger partial charge in [-0.3, -0.25) is 4.98 Å². The molecule has 0 bridgehead atoms. The molecular weight excluding hydrogens is 440 g/mol. The van der Waals surface area contributed by atoms with Gasteiger partial charge in [-0.1, -0.05) is 29.8 Å². The molecule has 2 heterocycles. The maximum atomic E-state index is 13.1. The minimum absolute atomic E-state index is 0.00271. The van der Waals surface area contributed by atoms with E-state index >= 15 is 0 Å². The Labute approximate surface area is 197 Å². The van der Waals surface area contributed by atoms with E-state index < -0.39 is 12.1 Å². The van der Waals surface area contributed by atoms with Gasteiger partial charge in [-0.05, 0) is 61.4 Å². The van der Waals surface area contributed by atoms with Crippen molar-refractivity contribution in [3.8, 4) is 0 Å². The number of hydrogen-bond donors (Lipinski definition) is 3. The molecule has 4 amide bonds. The number of piperidine rings is 1. The third-order valence-electron chi connectivity index (χ3n) is 5.38. The van der Waals surface area contributed by atoms with Crippen LogP contribution in [0, 0.1) is 0 Å². The number of urea groups is 2. The smallest absolute Gasteiger partial charge is 0.341 e. The lowest BCUT2D eigenvalue weighted by Crippen LogP contribution is -2.55. The van der Waals surface area contributed by atoms with E-state index in [4.69, 9.17) is 11.6 Å². The molecule has 3 aromatic rings. The highest BCUT2D eigenvalue weighted by Crippen LogP contribution is 2.20. The van der Waals surface area contributed by atoms with Crippen LogP contribution in [0.25, 0.3) is 0 Å². The number of rotatable bonds is 4. The predicted molar refractivity (Wildman–Crippen MR) is 131 cm³/mol. The molecule has 1 aliphatic rings. The predicted octanol–water partition coefficient (Wildman–Crippen LogP) is 4.66. The summed E-state index contributed by atoms with van der Waals surface area (Å²) in [6, 6.07) is 18.7. The summed E-state index contributed by atoms with van der Waals surface area (Å²) in [6.07, 6.45) is 5.16. The zero-order chi connectivity index (χ0) is 23.0. The van der Waals surface area contributed by atoms with Crippen molar-refractivity contribution in [3.05, 3.63) is 84.1 Å². The van der Waals surface area contributed by atoms with Crippen LogP contribution >= 0.6 is 11.6 Å². The van der Waals surface area contributed by atoms with Crippen LogP contribution in [0.5, 0.6) is 0 Å². The highest BCUT2D eigenvalue weighted by Gasteiger charge is 2.25. The zero-order valence-electron chi connectivity index (χ0n) is 17.9. The van der Waals surface area contributed by atoms with Gasteiger partial charge in [0.05, 0.1) is 5.69 Å². The summed E-state index contributed by atoms with van der Waals surface area (Å²) in [4.78, 5) is 32.1. The number of benzene rings is 2. The number of carbonyl (C=O) groups excluding carboxylic acids is 2.